The number of methoxy groups -OCH3 is 1. The maximum atomic E-state index is 12.5. The summed E-state index contributed by atoms with van der Waals surface area (Å²) in [6.45, 7) is 0. The van der Waals surface area contributed by atoms with Crippen LogP contribution < -0.4 is 16.0 Å². The van der Waals surface area contributed by atoms with Crippen molar-refractivity contribution in [2.24, 2.45) is 5.84 Å². The third kappa shape index (κ3) is 2.95. The zero-order valence-electron chi connectivity index (χ0n) is 10.6. The van der Waals surface area contributed by atoms with Gasteiger partial charge in [-0.1, -0.05) is 12.1 Å². The van der Waals surface area contributed by atoms with Gasteiger partial charge in [0.05, 0.1) is 23.6 Å². The highest BCUT2D eigenvalue weighted by atomic mass is 32.1. The second kappa shape index (κ2) is 5.82. The minimum atomic E-state index is -4.34. The van der Waals surface area contributed by atoms with Gasteiger partial charge in [0.15, 0.2) is 0 Å². The highest BCUT2D eigenvalue weighted by Gasteiger charge is 2.30. The summed E-state index contributed by atoms with van der Waals surface area (Å²) in [6.07, 6.45) is -4.34. The van der Waals surface area contributed by atoms with Crippen LogP contribution in [0.4, 0.5) is 13.2 Å². The van der Waals surface area contributed by atoms with Crippen molar-refractivity contribution in [1.29, 1.82) is 0 Å². The highest BCUT2D eigenvalue weighted by molar-refractivity contribution is 7.10. The molecule has 0 bridgehead atoms. The van der Waals surface area contributed by atoms with Gasteiger partial charge >= 0.3 is 6.18 Å². The smallest absolute Gasteiger partial charge is 0.416 e. The fraction of sp³-hybridized carbons (Fsp3) is 0.231. The minimum Gasteiger partial charge on any atom is -0.496 e. The maximum Gasteiger partial charge on any atom is 0.416 e. The van der Waals surface area contributed by atoms with Gasteiger partial charge in [-0.3, -0.25) is 5.84 Å². The number of hydrogen-bond donors (Lipinski definition) is 2. The van der Waals surface area contributed by atoms with E-state index in [0.29, 0.717) is 11.3 Å². The van der Waals surface area contributed by atoms with Crippen LogP contribution >= 0.6 is 11.3 Å². The molecule has 0 spiro atoms. The number of thiophene rings is 1. The molecular weight excluding hydrogens is 289 g/mol. The summed E-state index contributed by atoms with van der Waals surface area (Å²) in [5.74, 6) is 6.17. The number of nitrogens with one attached hydrogen (secondary N) is 1. The molecular formula is C13H13F3N2OS. The first kappa shape index (κ1) is 14.8. The minimum absolute atomic E-state index is 0.410. The molecule has 1 heterocycles. The van der Waals surface area contributed by atoms with E-state index in [1.54, 1.807) is 6.07 Å². The van der Waals surface area contributed by atoms with E-state index in [1.807, 2.05) is 5.38 Å². The van der Waals surface area contributed by atoms with E-state index in [-0.39, 0.29) is 0 Å². The molecule has 1 aromatic heterocycles. The van der Waals surface area contributed by atoms with Gasteiger partial charge in [0.25, 0.3) is 0 Å². The summed E-state index contributed by atoms with van der Waals surface area (Å²) in [4.78, 5) is 0.815. The van der Waals surface area contributed by atoms with E-state index in [2.05, 4.69) is 5.43 Å². The predicted octanol–water partition coefficient (Wildman–Crippen LogP) is 3.33. The second-order valence-electron chi connectivity index (χ2n) is 4.07. The van der Waals surface area contributed by atoms with E-state index in [9.17, 15) is 13.2 Å². The molecule has 3 nitrogen and oxygen atoms in total. The van der Waals surface area contributed by atoms with Crippen LogP contribution in [0, 0.1) is 0 Å². The zero-order valence-corrected chi connectivity index (χ0v) is 11.4. The van der Waals surface area contributed by atoms with Crippen LogP contribution in [0.15, 0.2) is 35.7 Å². The molecule has 108 valence electrons. The van der Waals surface area contributed by atoms with Crippen LogP contribution in [0.3, 0.4) is 0 Å². The number of hydrazine groups is 1. The highest BCUT2D eigenvalue weighted by Crippen LogP contribution is 2.35. The average molecular weight is 302 g/mol. The SMILES string of the molecule is COc1ccsc1C(NN)c1ccc(C(F)(F)F)cc1. The molecule has 1 aromatic carbocycles. The van der Waals surface area contributed by atoms with Crippen molar-refractivity contribution in [1.82, 2.24) is 5.43 Å². The molecule has 0 aliphatic rings. The number of alkyl halides is 3. The van der Waals surface area contributed by atoms with Crippen molar-refractivity contribution in [3.63, 3.8) is 0 Å². The molecule has 2 aromatic rings. The lowest BCUT2D eigenvalue weighted by atomic mass is 10.0. The molecule has 0 radical (unpaired) electrons. The van der Waals surface area contributed by atoms with E-state index in [4.69, 9.17) is 10.6 Å². The lowest BCUT2D eigenvalue weighted by Gasteiger charge is -2.17. The molecule has 0 saturated heterocycles. The molecule has 0 amide bonds. The van der Waals surface area contributed by atoms with Crippen molar-refractivity contribution in [2.75, 3.05) is 7.11 Å². The lowest BCUT2D eigenvalue weighted by molar-refractivity contribution is -0.137. The summed E-state index contributed by atoms with van der Waals surface area (Å²) >= 11 is 1.42. The Morgan fingerprint density at radius 2 is 1.85 bits per heavy atom. The van der Waals surface area contributed by atoms with E-state index >= 15 is 0 Å². The molecule has 0 fully saturated rings. The van der Waals surface area contributed by atoms with E-state index < -0.39 is 17.8 Å². The van der Waals surface area contributed by atoms with Crippen molar-refractivity contribution in [3.8, 4) is 5.75 Å². The first-order valence-corrected chi connectivity index (χ1v) is 6.60. The topological polar surface area (TPSA) is 47.3 Å². The summed E-state index contributed by atoms with van der Waals surface area (Å²) in [6, 6.07) is 6.28. The second-order valence-corrected chi connectivity index (χ2v) is 5.02. The molecule has 2 rings (SSSR count). The van der Waals surface area contributed by atoms with Crippen molar-refractivity contribution >= 4 is 11.3 Å². The number of hydrogen-bond acceptors (Lipinski definition) is 4. The van der Waals surface area contributed by atoms with Gasteiger partial charge in [0, 0.05) is 0 Å². The normalized spacial score (nSPS) is 13.2. The Hall–Kier alpha value is -1.57. The van der Waals surface area contributed by atoms with E-state index in [1.165, 1.54) is 30.6 Å². The molecule has 0 saturated carbocycles. The number of benzene rings is 1. The molecule has 7 heteroatoms. The summed E-state index contributed by atoms with van der Waals surface area (Å²) in [7, 11) is 1.53. The van der Waals surface area contributed by atoms with Crippen molar-refractivity contribution in [3.05, 3.63) is 51.7 Å². The summed E-state index contributed by atoms with van der Waals surface area (Å²) in [5, 5.41) is 1.84. The Morgan fingerprint density at radius 1 is 1.20 bits per heavy atom. The molecule has 0 aliphatic heterocycles. The molecule has 20 heavy (non-hydrogen) atoms. The van der Waals surface area contributed by atoms with Gasteiger partial charge in [-0.15, -0.1) is 11.3 Å². The van der Waals surface area contributed by atoms with Gasteiger partial charge in [0.2, 0.25) is 0 Å². The first-order valence-electron chi connectivity index (χ1n) is 5.72. The van der Waals surface area contributed by atoms with Gasteiger partial charge in [-0.2, -0.15) is 13.2 Å². The lowest BCUT2D eigenvalue weighted by Crippen LogP contribution is -2.28. The number of nitrogens with two attached hydrogens (primary N) is 1. The maximum absolute atomic E-state index is 12.5. The number of ether oxygens (including phenoxy) is 1. The average Bonchev–Trinajstić information content (AvgIpc) is 2.87. The first-order chi connectivity index (χ1) is 9.47. The van der Waals surface area contributed by atoms with Gasteiger partial charge < -0.3 is 4.74 Å². The largest absolute Gasteiger partial charge is 0.496 e. The number of rotatable bonds is 4. The Bertz CT molecular complexity index is 566. The monoisotopic (exact) mass is 302 g/mol. The standard InChI is InChI=1S/C13H13F3N2OS/c1-19-10-6-7-20-12(10)11(18-17)8-2-4-9(5-3-8)13(14,15)16/h2-7,11,18H,17H2,1H3. The molecule has 1 unspecified atom stereocenters. The Kier molecular flexibility index (Phi) is 4.32. The van der Waals surface area contributed by atoms with Crippen LogP contribution in [-0.4, -0.2) is 7.11 Å². The Morgan fingerprint density at radius 3 is 2.35 bits per heavy atom. The number of halogens is 3. The summed E-state index contributed by atoms with van der Waals surface area (Å²) < 4.78 is 42.8. The van der Waals surface area contributed by atoms with Gasteiger partial charge in [0.1, 0.15) is 5.75 Å². The van der Waals surface area contributed by atoms with Crippen LogP contribution in [0.2, 0.25) is 0 Å². The third-order valence-electron chi connectivity index (χ3n) is 2.88. The fourth-order valence-electron chi connectivity index (χ4n) is 1.88. The quantitative estimate of drug-likeness (QED) is 0.673. The fourth-order valence-corrected chi connectivity index (χ4v) is 2.82. The Labute approximate surface area is 118 Å². The van der Waals surface area contributed by atoms with Gasteiger partial charge in [-0.25, -0.2) is 5.43 Å². The molecule has 1 atom stereocenters. The van der Waals surface area contributed by atoms with Gasteiger partial charge in [-0.05, 0) is 29.1 Å². The van der Waals surface area contributed by atoms with Crippen LogP contribution in [-0.2, 0) is 6.18 Å². The van der Waals surface area contributed by atoms with Crippen LogP contribution in [0.1, 0.15) is 22.0 Å². The predicted molar refractivity (Wildman–Crippen MR) is 71.5 cm³/mol. The summed E-state index contributed by atoms with van der Waals surface area (Å²) in [5.41, 5.74) is 2.56. The van der Waals surface area contributed by atoms with E-state index in [0.717, 1.165) is 17.0 Å². The molecule has 3 N–H and O–H groups in total. The molecule has 0 aliphatic carbocycles. The van der Waals surface area contributed by atoms with Crippen molar-refractivity contribution < 1.29 is 17.9 Å². The van der Waals surface area contributed by atoms with Crippen LogP contribution in [0.5, 0.6) is 5.75 Å². The van der Waals surface area contributed by atoms with Crippen LogP contribution in [0.25, 0.3) is 0 Å². The zero-order chi connectivity index (χ0) is 14.8. The Balaban J connectivity index is 2.33. The third-order valence-corrected chi connectivity index (χ3v) is 3.84. The van der Waals surface area contributed by atoms with Crippen molar-refractivity contribution in [2.45, 2.75) is 12.2 Å².